The van der Waals surface area contributed by atoms with Crippen molar-refractivity contribution in [2.75, 3.05) is 13.1 Å². The number of likely N-dealkylation sites (tertiary alicyclic amines) is 1. The van der Waals surface area contributed by atoms with E-state index in [1.165, 1.54) is 19.3 Å². The number of nitrogens with zero attached hydrogens (tertiary/aromatic N) is 3. The topological polar surface area (TPSA) is 59.2 Å². The lowest BCUT2D eigenvalue weighted by atomic mass is 9.96. The fourth-order valence-corrected chi connectivity index (χ4v) is 3.71. The zero-order valence-corrected chi connectivity index (χ0v) is 15.7. The van der Waals surface area contributed by atoms with Crippen LogP contribution in [0, 0.1) is 5.92 Å². The maximum Gasteiger partial charge on any atom is 0.247 e. The summed E-state index contributed by atoms with van der Waals surface area (Å²) < 4.78 is 5.71. The lowest BCUT2D eigenvalue weighted by molar-refractivity contribution is -0.131. The highest BCUT2D eigenvalue weighted by Gasteiger charge is 2.20. The van der Waals surface area contributed by atoms with Gasteiger partial charge in [-0.15, -0.1) is 10.2 Å². The third-order valence-corrected chi connectivity index (χ3v) is 5.17. The van der Waals surface area contributed by atoms with Crippen LogP contribution in [0.15, 0.2) is 34.7 Å². The Morgan fingerprint density at radius 3 is 2.85 bits per heavy atom. The van der Waals surface area contributed by atoms with Crippen LogP contribution in [0.3, 0.4) is 0 Å². The van der Waals surface area contributed by atoms with Crippen LogP contribution >= 0.6 is 0 Å². The summed E-state index contributed by atoms with van der Waals surface area (Å²) in [6, 6.07) is 9.76. The number of aryl methyl sites for hydroxylation is 1. The fraction of sp³-hybridized carbons (Fsp3) is 0.571. The van der Waals surface area contributed by atoms with Gasteiger partial charge in [-0.25, -0.2) is 0 Å². The largest absolute Gasteiger partial charge is 0.421 e. The van der Waals surface area contributed by atoms with Gasteiger partial charge < -0.3 is 9.32 Å². The monoisotopic (exact) mass is 355 g/mol. The molecule has 140 valence electrons. The molecule has 0 radical (unpaired) electrons. The Morgan fingerprint density at radius 1 is 1.19 bits per heavy atom. The van der Waals surface area contributed by atoms with Crippen LogP contribution in [0.4, 0.5) is 0 Å². The molecule has 1 fully saturated rings. The molecule has 2 aromatic rings. The van der Waals surface area contributed by atoms with Crippen LogP contribution in [0.2, 0.25) is 0 Å². The van der Waals surface area contributed by atoms with Crippen LogP contribution in [0.25, 0.3) is 11.5 Å². The minimum atomic E-state index is 0.268. The minimum absolute atomic E-state index is 0.268. The zero-order chi connectivity index (χ0) is 18.2. The predicted molar refractivity (Wildman–Crippen MR) is 102 cm³/mol. The Morgan fingerprint density at radius 2 is 2.04 bits per heavy atom. The molecule has 1 aromatic heterocycles. The van der Waals surface area contributed by atoms with E-state index in [1.54, 1.807) is 0 Å². The van der Waals surface area contributed by atoms with Crippen LogP contribution in [0.1, 0.15) is 57.8 Å². The predicted octanol–water partition coefficient (Wildman–Crippen LogP) is 4.49. The fourth-order valence-electron chi connectivity index (χ4n) is 3.71. The molecule has 3 rings (SSSR count). The van der Waals surface area contributed by atoms with E-state index in [0.717, 1.165) is 43.8 Å². The molecule has 2 heterocycles. The van der Waals surface area contributed by atoms with Crippen molar-refractivity contribution in [2.24, 2.45) is 5.92 Å². The number of benzene rings is 1. The summed E-state index contributed by atoms with van der Waals surface area (Å²) in [6.45, 7) is 4.08. The molecular formula is C21H29N3O2. The lowest BCUT2D eigenvalue weighted by Gasteiger charge is -2.20. The molecule has 0 bridgehead atoms. The van der Waals surface area contributed by atoms with E-state index < -0.39 is 0 Å². The number of hydrogen-bond acceptors (Lipinski definition) is 4. The number of amides is 1. The summed E-state index contributed by atoms with van der Waals surface area (Å²) in [5.74, 6) is 2.22. The Bertz CT molecular complexity index is 684. The second kappa shape index (κ2) is 9.51. The smallest absolute Gasteiger partial charge is 0.247 e. The van der Waals surface area contributed by atoms with Crippen molar-refractivity contribution in [2.45, 2.75) is 58.3 Å². The molecule has 1 aliphatic heterocycles. The highest BCUT2D eigenvalue weighted by molar-refractivity contribution is 5.76. The minimum Gasteiger partial charge on any atom is -0.421 e. The van der Waals surface area contributed by atoms with E-state index in [0.29, 0.717) is 24.6 Å². The van der Waals surface area contributed by atoms with Gasteiger partial charge in [-0.2, -0.15) is 0 Å². The highest BCUT2D eigenvalue weighted by atomic mass is 16.4. The van der Waals surface area contributed by atoms with Crippen LogP contribution in [0.5, 0.6) is 0 Å². The first-order valence-electron chi connectivity index (χ1n) is 9.92. The number of carbonyl (C=O) groups is 1. The summed E-state index contributed by atoms with van der Waals surface area (Å²) in [5.41, 5.74) is 0.925. The quantitative estimate of drug-likeness (QED) is 0.734. The van der Waals surface area contributed by atoms with E-state index >= 15 is 0 Å². The molecule has 0 aliphatic carbocycles. The van der Waals surface area contributed by atoms with E-state index in [4.69, 9.17) is 4.42 Å². The number of hydrogen-bond donors (Lipinski definition) is 0. The van der Waals surface area contributed by atoms with Crippen molar-refractivity contribution in [3.8, 4) is 11.5 Å². The molecule has 1 atom stereocenters. The molecule has 1 unspecified atom stereocenters. The molecule has 0 spiro atoms. The summed E-state index contributed by atoms with van der Waals surface area (Å²) in [7, 11) is 0. The van der Waals surface area contributed by atoms with Gasteiger partial charge in [-0.05, 0) is 43.7 Å². The molecule has 1 saturated heterocycles. The van der Waals surface area contributed by atoms with E-state index in [9.17, 15) is 4.79 Å². The third kappa shape index (κ3) is 5.16. The van der Waals surface area contributed by atoms with Crippen molar-refractivity contribution in [1.82, 2.24) is 15.1 Å². The third-order valence-electron chi connectivity index (χ3n) is 5.17. The van der Waals surface area contributed by atoms with Crippen molar-refractivity contribution in [3.05, 3.63) is 36.2 Å². The average Bonchev–Trinajstić information content (AvgIpc) is 3.01. The van der Waals surface area contributed by atoms with E-state index in [1.807, 2.05) is 30.3 Å². The summed E-state index contributed by atoms with van der Waals surface area (Å²) in [6.07, 6.45) is 8.06. The van der Waals surface area contributed by atoms with Gasteiger partial charge in [-0.1, -0.05) is 38.0 Å². The van der Waals surface area contributed by atoms with Crippen molar-refractivity contribution >= 4 is 5.91 Å². The van der Waals surface area contributed by atoms with Gasteiger partial charge in [0.2, 0.25) is 17.7 Å². The Hall–Kier alpha value is -2.17. The highest BCUT2D eigenvalue weighted by Crippen LogP contribution is 2.23. The van der Waals surface area contributed by atoms with E-state index in [2.05, 4.69) is 22.0 Å². The van der Waals surface area contributed by atoms with Gasteiger partial charge in [0.15, 0.2) is 0 Å². The first-order chi connectivity index (χ1) is 12.8. The molecule has 0 N–H and O–H groups in total. The van der Waals surface area contributed by atoms with Gasteiger partial charge in [0.25, 0.3) is 0 Å². The maximum absolute atomic E-state index is 12.5. The van der Waals surface area contributed by atoms with Crippen LogP contribution in [-0.4, -0.2) is 34.1 Å². The van der Waals surface area contributed by atoms with E-state index in [-0.39, 0.29) is 5.91 Å². The molecule has 5 nitrogen and oxygen atoms in total. The molecular weight excluding hydrogens is 326 g/mol. The van der Waals surface area contributed by atoms with Gasteiger partial charge >= 0.3 is 0 Å². The normalized spacial score (nSPS) is 17.9. The standard InChI is InChI=1S/C21H29N3O2/c1-2-8-17-9-7-15-24(16-14-17)20(25)13-6-12-19-22-23-21(26-19)18-10-4-3-5-11-18/h3-5,10-11,17H,2,6-9,12-16H2,1H3. The molecule has 26 heavy (non-hydrogen) atoms. The van der Waals surface area contributed by atoms with Crippen molar-refractivity contribution in [1.29, 1.82) is 0 Å². The number of rotatable bonds is 7. The second-order valence-corrected chi connectivity index (χ2v) is 7.19. The lowest BCUT2D eigenvalue weighted by Crippen LogP contribution is -2.31. The van der Waals surface area contributed by atoms with Crippen molar-refractivity contribution in [3.63, 3.8) is 0 Å². The maximum atomic E-state index is 12.5. The van der Waals surface area contributed by atoms with Gasteiger partial charge in [0.05, 0.1) is 0 Å². The SMILES string of the molecule is CCCC1CCCN(C(=O)CCCc2nnc(-c3ccccc3)o2)CC1. The Balaban J connectivity index is 1.43. The zero-order valence-electron chi connectivity index (χ0n) is 15.7. The molecule has 5 heteroatoms. The average molecular weight is 355 g/mol. The molecule has 1 aromatic carbocycles. The first kappa shape index (κ1) is 18.6. The van der Waals surface area contributed by atoms with Crippen LogP contribution in [-0.2, 0) is 11.2 Å². The Kier molecular flexibility index (Phi) is 6.81. The van der Waals surface area contributed by atoms with Crippen molar-refractivity contribution < 1.29 is 9.21 Å². The molecule has 1 aliphatic rings. The molecule has 1 amide bonds. The number of carbonyl (C=O) groups excluding carboxylic acids is 1. The second-order valence-electron chi connectivity index (χ2n) is 7.19. The summed E-state index contributed by atoms with van der Waals surface area (Å²) in [4.78, 5) is 14.5. The van der Waals surface area contributed by atoms with Gasteiger partial charge in [-0.3, -0.25) is 4.79 Å². The number of aromatic nitrogens is 2. The van der Waals surface area contributed by atoms with Crippen LogP contribution < -0.4 is 0 Å². The first-order valence-corrected chi connectivity index (χ1v) is 9.92. The summed E-state index contributed by atoms with van der Waals surface area (Å²) >= 11 is 0. The van der Waals surface area contributed by atoms with Gasteiger partial charge in [0.1, 0.15) is 0 Å². The summed E-state index contributed by atoms with van der Waals surface area (Å²) in [5, 5.41) is 8.21. The Labute approximate surface area is 155 Å². The van der Waals surface area contributed by atoms with Gasteiger partial charge in [0, 0.05) is 31.5 Å². The molecule has 0 saturated carbocycles.